The fourth-order valence-corrected chi connectivity index (χ4v) is 9.51. The molecule has 0 saturated heterocycles. The molecule has 6 nitrogen and oxygen atoms in total. The lowest BCUT2D eigenvalue weighted by molar-refractivity contribution is -0.167. The van der Waals surface area contributed by atoms with Crippen molar-refractivity contribution in [1.82, 2.24) is 0 Å². The van der Waals surface area contributed by atoms with Crippen molar-refractivity contribution in [3.05, 3.63) is 48.6 Å². The molecular weight excluding hydrogens is 901 g/mol. The minimum Gasteiger partial charge on any atom is -0.462 e. The van der Waals surface area contributed by atoms with Crippen molar-refractivity contribution in [2.75, 3.05) is 13.2 Å². The SMILES string of the molecule is CC/C=C\C/C=C\C/C=C\CCCCCC(=O)OCC(COC(=O)CCCCCCCCCCCCCCCCCCCCCCCCCCCCC)OC(=O)CCCCCCC/C=C\CCCCCCCC. The van der Waals surface area contributed by atoms with Crippen LogP contribution >= 0.6 is 0 Å². The zero-order valence-corrected chi connectivity index (χ0v) is 48.9. The minimum absolute atomic E-state index is 0.0826. The van der Waals surface area contributed by atoms with Gasteiger partial charge in [0.05, 0.1) is 0 Å². The van der Waals surface area contributed by atoms with Crippen molar-refractivity contribution in [2.45, 2.75) is 348 Å². The number of hydrogen-bond donors (Lipinski definition) is 0. The molecule has 0 fully saturated rings. The molecule has 0 spiro atoms. The van der Waals surface area contributed by atoms with E-state index in [1.165, 1.54) is 205 Å². The predicted molar refractivity (Wildman–Crippen MR) is 316 cm³/mol. The molecule has 0 aliphatic rings. The first kappa shape index (κ1) is 70.4. The van der Waals surface area contributed by atoms with Crippen LogP contribution in [0.4, 0.5) is 0 Å². The summed E-state index contributed by atoms with van der Waals surface area (Å²) in [6.45, 7) is 6.54. The van der Waals surface area contributed by atoms with E-state index in [9.17, 15) is 14.4 Å². The van der Waals surface area contributed by atoms with Gasteiger partial charge in [-0.1, -0.05) is 294 Å². The number of ether oxygens (including phenoxy) is 3. The maximum Gasteiger partial charge on any atom is 0.306 e. The van der Waals surface area contributed by atoms with Gasteiger partial charge >= 0.3 is 17.9 Å². The average molecular weight is 1020 g/mol. The first-order valence-electron chi connectivity index (χ1n) is 32.1. The molecule has 0 bridgehead atoms. The molecule has 0 radical (unpaired) electrons. The highest BCUT2D eigenvalue weighted by Crippen LogP contribution is 2.18. The van der Waals surface area contributed by atoms with Gasteiger partial charge in [0.15, 0.2) is 6.10 Å². The summed E-state index contributed by atoms with van der Waals surface area (Å²) in [5.74, 6) is -0.904. The van der Waals surface area contributed by atoms with E-state index in [2.05, 4.69) is 69.4 Å². The van der Waals surface area contributed by atoms with Crippen LogP contribution in [0.15, 0.2) is 48.6 Å². The zero-order valence-electron chi connectivity index (χ0n) is 48.9. The average Bonchev–Trinajstić information content (AvgIpc) is 3.39. The molecule has 0 aliphatic carbocycles. The van der Waals surface area contributed by atoms with Gasteiger partial charge in [-0.2, -0.15) is 0 Å². The Morgan fingerprint density at radius 2 is 0.534 bits per heavy atom. The summed E-state index contributed by atoms with van der Waals surface area (Å²) in [4.78, 5) is 38.2. The third-order valence-electron chi connectivity index (χ3n) is 14.3. The van der Waals surface area contributed by atoms with Crippen LogP contribution < -0.4 is 0 Å². The van der Waals surface area contributed by atoms with Gasteiger partial charge in [0, 0.05) is 19.3 Å². The molecule has 0 heterocycles. The Labute approximate surface area is 454 Å². The number of rotatable bonds is 59. The molecule has 0 amide bonds. The molecule has 0 saturated carbocycles. The van der Waals surface area contributed by atoms with Crippen LogP contribution in [0.2, 0.25) is 0 Å². The Hall–Kier alpha value is -2.63. The van der Waals surface area contributed by atoms with Crippen LogP contribution in [0.3, 0.4) is 0 Å². The third-order valence-corrected chi connectivity index (χ3v) is 14.3. The van der Waals surface area contributed by atoms with Crippen LogP contribution in [-0.2, 0) is 28.6 Å². The number of hydrogen-bond acceptors (Lipinski definition) is 6. The third kappa shape index (κ3) is 60.1. The molecule has 0 aromatic rings. The summed E-state index contributed by atoms with van der Waals surface area (Å²) in [5, 5.41) is 0. The number of unbranched alkanes of at least 4 members (excludes halogenated alkanes) is 40. The second-order valence-electron chi connectivity index (χ2n) is 21.6. The Kier molecular flexibility index (Phi) is 59.7. The quantitative estimate of drug-likeness (QED) is 0.0261. The fraction of sp³-hybridized carbons (Fsp3) is 0.836. The zero-order chi connectivity index (χ0) is 52.9. The smallest absolute Gasteiger partial charge is 0.306 e. The number of esters is 3. The summed E-state index contributed by atoms with van der Waals surface area (Å²) in [6.07, 6.45) is 77.1. The maximum atomic E-state index is 12.9. The van der Waals surface area contributed by atoms with Gasteiger partial charge in [-0.15, -0.1) is 0 Å². The molecule has 6 heteroatoms. The van der Waals surface area contributed by atoms with Crippen molar-refractivity contribution < 1.29 is 28.6 Å². The van der Waals surface area contributed by atoms with Crippen LogP contribution in [0, 0.1) is 0 Å². The maximum absolute atomic E-state index is 12.9. The molecule has 426 valence electrons. The van der Waals surface area contributed by atoms with Crippen molar-refractivity contribution in [3.8, 4) is 0 Å². The van der Waals surface area contributed by atoms with Crippen LogP contribution in [0.25, 0.3) is 0 Å². The van der Waals surface area contributed by atoms with Gasteiger partial charge in [0.25, 0.3) is 0 Å². The highest BCUT2D eigenvalue weighted by Gasteiger charge is 2.19. The predicted octanol–water partition coefficient (Wildman–Crippen LogP) is 21.8. The van der Waals surface area contributed by atoms with Gasteiger partial charge < -0.3 is 14.2 Å². The summed E-state index contributed by atoms with van der Waals surface area (Å²) >= 11 is 0. The second-order valence-corrected chi connectivity index (χ2v) is 21.6. The molecule has 0 aromatic carbocycles. The molecule has 1 unspecified atom stereocenters. The van der Waals surface area contributed by atoms with E-state index in [4.69, 9.17) is 14.2 Å². The molecule has 0 N–H and O–H groups in total. The number of carbonyl (C=O) groups is 3. The van der Waals surface area contributed by atoms with Gasteiger partial charge in [-0.3, -0.25) is 14.4 Å². The topological polar surface area (TPSA) is 78.9 Å². The van der Waals surface area contributed by atoms with Gasteiger partial charge in [-0.25, -0.2) is 0 Å². The minimum atomic E-state index is -0.788. The Bertz CT molecular complexity index is 1270. The van der Waals surface area contributed by atoms with Crippen LogP contribution in [0.1, 0.15) is 342 Å². The first-order chi connectivity index (χ1) is 36.0. The summed E-state index contributed by atoms with van der Waals surface area (Å²) in [7, 11) is 0. The van der Waals surface area contributed by atoms with E-state index in [-0.39, 0.29) is 31.1 Å². The van der Waals surface area contributed by atoms with E-state index in [1.54, 1.807) is 0 Å². The van der Waals surface area contributed by atoms with Crippen LogP contribution in [-0.4, -0.2) is 37.2 Å². The van der Waals surface area contributed by atoms with E-state index < -0.39 is 6.10 Å². The summed E-state index contributed by atoms with van der Waals surface area (Å²) in [5.41, 5.74) is 0. The van der Waals surface area contributed by atoms with E-state index in [0.717, 1.165) is 96.3 Å². The Balaban J connectivity index is 4.20. The highest BCUT2D eigenvalue weighted by atomic mass is 16.6. The number of allylic oxidation sites excluding steroid dienone is 8. The summed E-state index contributed by atoms with van der Waals surface area (Å²) in [6, 6.07) is 0. The molecule has 73 heavy (non-hydrogen) atoms. The standard InChI is InChI=1S/C67H122O6/c1-4-7-10-13-16-19-22-25-27-28-29-30-31-32-33-34-35-36-37-38-40-42-45-48-51-54-57-60-66(69)72-63-64(62-71-65(68)59-56-53-50-47-44-41-24-21-18-15-12-9-6-3)73-67(70)61-58-55-52-49-46-43-39-26-23-20-17-14-11-8-5-2/h9,12,18,21,26,39,41,44,64H,4-8,10-11,13-17,19-20,22-25,27-38,40,42-43,45-63H2,1-3H3/b12-9-,21-18-,39-26-,44-41-. The van der Waals surface area contributed by atoms with E-state index >= 15 is 0 Å². The monoisotopic (exact) mass is 1020 g/mol. The Morgan fingerprint density at radius 3 is 0.863 bits per heavy atom. The molecule has 0 aliphatic heterocycles. The van der Waals surface area contributed by atoms with Crippen molar-refractivity contribution in [1.29, 1.82) is 0 Å². The van der Waals surface area contributed by atoms with E-state index in [0.29, 0.717) is 19.3 Å². The van der Waals surface area contributed by atoms with Crippen molar-refractivity contribution in [2.24, 2.45) is 0 Å². The Morgan fingerprint density at radius 1 is 0.288 bits per heavy atom. The highest BCUT2D eigenvalue weighted by molar-refractivity contribution is 5.71. The molecule has 1 atom stereocenters. The summed E-state index contributed by atoms with van der Waals surface area (Å²) < 4.78 is 16.9. The normalized spacial score (nSPS) is 12.3. The lowest BCUT2D eigenvalue weighted by Gasteiger charge is -2.18. The van der Waals surface area contributed by atoms with Gasteiger partial charge in [-0.05, 0) is 77.0 Å². The van der Waals surface area contributed by atoms with Gasteiger partial charge in [0.2, 0.25) is 0 Å². The lowest BCUT2D eigenvalue weighted by atomic mass is 10.0. The van der Waals surface area contributed by atoms with Gasteiger partial charge in [0.1, 0.15) is 13.2 Å². The van der Waals surface area contributed by atoms with Crippen molar-refractivity contribution >= 4 is 17.9 Å². The van der Waals surface area contributed by atoms with E-state index in [1.807, 2.05) is 0 Å². The lowest BCUT2D eigenvalue weighted by Crippen LogP contribution is -2.30. The van der Waals surface area contributed by atoms with Crippen molar-refractivity contribution in [3.63, 3.8) is 0 Å². The molecule has 0 rings (SSSR count). The second kappa shape index (κ2) is 61.9. The molecule has 0 aromatic heterocycles. The first-order valence-corrected chi connectivity index (χ1v) is 32.1. The fourth-order valence-electron chi connectivity index (χ4n) is 9.51. The molecular formula is C67H122O6. The largest absolute Gasteiger partial charge is 0.462 e. The number of carbonyl (C=O) groups excluding carboxylic acids is 3. The van der Waals surface area contributed by atoms with Crippen LogP contribution in [0.5, 0.6) is 0 Å².